The van der Waals surface area contributed by atoms with Gasteiger partial charge < -0.3 is 4.57 Å². The predicted molar refractivity (Wildman–Crippen MR) is 128 cm³/mol. The third-order valence-electron chi connectivity index (χ3n) is 6.83. The molecule has 5 aromatic rings. The summed E-state index contributed by atoms with van der Waals surface area (Å²) in [5.74, 6) is 0. The molecule has 0 spiro atoms. The predicted octanol–water partition coefficient (Wildman–Crippen LogP) is 5.80. The molecule has 0 N–H and O–H groups in total. The monoisotopic (exact) mass is 389 g/mol. The molecule has 1 aromatic heterocycles. The second-order valence-corrected chi connectivity index (χ2v) is 13.1. The Morgan fingerprint density at radius 3 is 2.14 bits per heavy atom. The van der Waals surface area contributed by atoms with Gasteiger partial charge in [-0.1, -0.05) is 85.9 Å². The van der Waals surface area contributed by atoms with Crippen LogP contribution in [0, 0.1) is 0 Å². The van der Waals surface area contributed by atoms with E-state index in [-0.39, 0.29) is 0 Å². The van der Waals surface area contributed by atoms with Gasteiger partial charge in [0.2, 0.25) is 0 Å². The number of nitrogens with zero attached hydrogens (tertiary/aromatic N) is 1. The van der Waals surface area contributed by atoms with E-state index in [1.54, 1.807) is 10.4 Å². The van der Waals surface area contributed by atoms with Gasteiger partial charge in [0, 0.05) is 28.9 Å². The molecule has 0 radical (unpaired) electrons. The summed E-state index contributed by atoms with van der Waals surface area (Å²) in [5.41, 5.74) is 8.08. The molecular weight excluding hydrogens is 366 g/mol. The van der Waals surface area contributed by atoms with E-state index in [0.29, 0.717) is 0 Å². The molecule has 6 rings (SSSR count). The van der Waals surface area contributed by atoms with Crippen LogP contribution in [0.15, 0.2) is 84.9 Å². The summed E-state index contributed by atoms with van der Waals surface area (Å²) in [4.78, 5) is 0. The largest absolute Gasteiger partial charge is 0.344 e. The highest BCUT2D eigenvalue weighted by Gasteiger charge is 2.37. The lowest BCUT2D eigenvalue weighted by molar-refractivity contribution is 1.01. The van der Waals surface area contributed by atoms with Gasteiger partial charge in [0.1, 0.15) is 8.07 Å². The quantitative estimate of drug-likeness (QED) is 0.319. The SMILES string of the molecule is Cn1c2ccccc2c2ccc(-c3ccc4c(c3)[Si](C)(C)c3ccccc3-4)cc21. The fraction of sp³-hybridized carbons (Fsp3) is 0.111. The van der Waals surface area contributed by atoms with Crippen LogP contribution in [0.25, 0.3) is 44.1 Å². The first kappa shape index (κ1) is 16.8. The fourth-order valence-electron chi connectivity index (χ4n) is 5.22. The maximum absolute atomic E-state index is 2.48. The van der Waals surface area contributed by atoms with Crippen LogP contribution in [0.2, 0.25) is 13.1 Å². The Kier molecular flexibility index (Phi) is 3.31. The topological polar surface area (TPSA) is 4.93 Å². The van der Waals surface area contributed by atoms with E-state index < -0.39 is 8.07 Å². The molecule has 0 unspecified atom stereocenters. The first-order chi connectivity index (χ1) is 14.1. The maximum Gasteiger partial charge on any atom is 0.113 e. The van der Waals surface area contributed by atoms with Crippen LogP contribution in [0.5, 0.6) is 0 Å². The number of aromatic nitrogens is 1. The number of para-hydroxylation sites is 1. The number of hydrogen-bond donors (Lipinski definition) is 0. The van der Waals surface area contributed by atoms with Gasteiger partial charge in [0.15, 0.2) is 0 Å². The molecule has 0 amide bonds. The zero-order valence-corrected chi connectivity index (χ0v) is 18.0. The molecule has 2 heterocycles. The molecule has 0 fully saturated rings. The summed E-state index contributed by atoms with van der Waals surface area (Å²) in [6.07, 6.45) is 0. The molecular formula is C27H23NSi. The number of benzene rings is 4. The molecule has 140 valence electrons. The van der Waals surface area contributed by atoms with Gasteiger partial charge in [-0.3, -0.25) is 0 Å². The van der Waals surface area contributed by atoms with Gasteiger partial charge in [0.05, 0.1) is 0 Å². The molecule has 0 saturated carbocycles. The Morgan fingerprint density at radius 2 is 1.24 bits per heavy atom. The third kappa shape index (κ3) is 2.21. The van der Waals surface area contributed by atoms with Gasteiger partial charge in [0.25, 0.3) is 0 Å². The third-order valence-corrected chi connectivity index (χ3v) is 10.4. The van der Waals surface area contributed by atoms with Crippen molar-refractivity contribution in [1.82, 2.24) is 4.57 Å². The summed E-state index contributed by atoms with van der Waals surface area (Å²) in [6.45, 7) is 4.96. The second kappa shape index (κ2) is 5.71. The van der Waals surface area contributed by atoms with Crippen molar-refractivity contribution in [2.45, 2.75) is 13.1 Å². The fourth-order valence-corrected chi connectivity index (χ4v) is 8.33. The van der Waals surface area contributed by atoms with Crippen LogP contribution in [-0.4, -0.2) is 12.6 Å². The molecule has 0 atom stereocenters. The minimum atomic E-state index is -1.64. The molecule has 1 aliphatic heterocycles. The van der Waals surface area contributed by atoms with E-state index in [9.17, 15) is 0 Å². The summed E-state index contributed by atoms with van der Waals surface area (Å²) in [7, 11) is 0.529. The van der Waals surface area contributed by atoms with Crippen molar-refractivity contribution >= 4 is 40.3 Å². The molecule has 0 bridgehead atoms. The zero-order valence-electron chi connectivity index (χ0n) is 17.0. The first-order valence-electron chi connectivity index (χ1n) is 10.3. The summed E-state index contributed by atoms with van der Waals surface area (Å²) >= 11 is 0. The Morgan fingerprint density at radius 1 is 0.586 bits per heavy atom. The summed E-state index contributed by atoms with van der Waals surface area (Å²) < 4.78 is 2.32. The van der Waals surface area contributed by atoms with Gasteiger partial charge in [-0.2, -0.15) is 0 Å². The average Bonchev–Trinajstić information content (AvgIpc) is 3.17. The second-order valence-electron chi connectivity index (χ2n) is 8.74. The van der Waals surface area contributed by atoms with Gasteiger partial charge in [-0.05, 0) is 44.8 Å². The Hall–Kier alpha value is -3.10. The lowest BCUT2D eigenvalue weighted by Crippen LogP contribution is -2.49. The molecule has 4 aromatic carbocycles. The molecule has 0 aliphatic carbocycles. The van der Waals surface area contributed by atoms with Crippen LogP contribution in [-0.2, 0) is 7.05 Å². The van der Waals surface area contributed by atoms with Crippen molar-refractivity contribution in [2.24, 2.45) is 7.05 Å². The van der Waals surface area contributed by atoms with Crippen LogP contribution >= 0.6 is 0 Å². The maximum atomic E-state index is 2.48. The Balaban J connectivity index is 1.55. The van der Waals surface area contributed by atoms with Crippen LogP contribution < -0.4 is 10.4 Å². The number of fused-ring (bicyclic) bond motifs is 6. The number of rotatable bonds is 1. The van der Waals surface area contributed by atoms with Crippen molar-refractivity contribution in [2.75, 3.05) is 0 Å². The Bertz CT molecular complexity index is 1440. The van der Waals surface area contributed by atoms with Crippen LogP contribution in [0.1, 0.15) is 0 Å². The molecule has 1 nitrogen and oxygen atoms in total. The molecule has 1 aliphatic rings. The van der Waals surface area contributed by atoms with Crippen molar-refractivity contribution in [3.63, 3.8) is 0 Å². The highest BCUT2D eigenvalue weighted by atomic mass is 28.3. The van der Waals surface area contributed by atoms with Gasteiger partial charge in [-0.25, -0.2) is 0 Å². The first-order valence-corrected chi connectivity index (χ1v) is 13.3. The van der Waals surface area contributed by atoms with Crippen molar-refractivity contribution in [3.05, 3.63) is 84.9 Å². The highest BCUT2D eigenvalue weighted by Crippen LogP contribution is 2.34. The smallest absolute Gasteiger partial charge is 0.113 e. The van der Waals surface area contributed by atoms with Gasteiger partial charge in [-0.15, -0.1) is 0 Å². The van der Waals surface area contributed by atoms with Crippen molar-refractivity contribution in [1.29, 1.82) is 0 Å². The minimum absolute atomic E-state index is 1.29. The van der Waals surface area contributed by atoms with Gasteiger partial charge >= 0.3 is 0 Å². The lowest BCUT2D eigenvalue weighted by atomic mass is 9.99. The van der Waals surface area contributed by atoms with E-state index in [1.807, 2.05) is 0 Å². The van der Waals surface area contributed by atoms with E-state index >= 15 is 0 Å². The highest BCUT2D eigenvalue weighted by molar-refractivity contribution is 7.03. The van der Waals surface area contributed by atoms with Crippen LogP contribution in [0.4, 0.5) is 0 Å². The Labute approximate surface area is 172 Å². The number of hydrogen-bond acceptors (Lipinski definition) is 0. The van der Waals surface area contributed by atoms with Crippen molar-refractivity contribution in [3.8, 4) is 22.3 Å². The van der Waals surface area contributed by atoms with E-state index in [0.717, 1.165) is 0 Å². The zero-order chi connectivity index (χ0) is 19.8. The average molecular weight is 390 g/mol. The standard InChI is InChI=1S/C27H23NSi/c1-28-24-10-6-4-8-20(24)21-14-12-18(16-25(21)28)19-13-15-23-22-9-5-7-11-26(22)29(2,3)27(23)17-19/h4-17H,1-3H3. The lowest BCUT2D eigenvalue weighted by Gasteiger charge is -2.19. The summed E-state index contributed by atoms with van der Waals surface area (Å²) in [5, 5.41) is 5.79. The number of aryl methyl sites for hydroxylation is 1. The van der Waals surface area contributed by atoms with E-state index in [1.165, 1.54) is 44.1 Å². The normalized spacial score (nSPS) is 14.3. The molecule has 2 heteroatoms. The minimum Gasteiger partial charge on any atom is -0.344 e. The van der Waals surface area contributed by atoms with E-state index in [4.69, 9.17) is 0 Å². The molecule has 29 heavy (non-hydrogen) atoms. The molecule has 0 saturated heterocycles. The van der Waals surface area contributed by atoms with Crippen molar-refractivity contribution < 1.29 is 0 Å². The van der Waals surface area contributed by atoms with Crippen LogP contribution in [0.3, 0.4) is 0 Å². The summed E-state index contributed by atoms with van der Waals surface area (Å²) in [6, 6.07) is 31.7. The van der Waals surface area contributed by atoms with E-state index in [2.05, 4.69) is 110 Å².